The smallest absolute Gasteiger partial charge is 0.204 e. The second-order valence-electron chi connectivity index (χ2n) is 4.68. The fourth-order valence-corrected chi connectivity index (χ4v) is 3.10. The number of carbonyl (C=O) groups is 2. The SMILES string of the molecule is COc1ccc(SC2=CC(=O)c3cccc(O)c3C2=O)cc1. The second-order valence-corrected chi connectivity index (χ2v) is 5.79. The maximum atomic E-state index is 12.5. The van der Waals surface area contributed by atoms with Crippen LogP contribution in [0, 0.1) is 0 Å². The number of rotatable bonds is 3. The lowest BCUT2D eigenvalue weighted by Crippen LogP contribution is -2.15. The number of phenolic OH excluding ortho intramolecular Hbond substituents is 1. The number of thioether (sulfide) groups is 1. The molecule has 0 saturated carbocycles. The van der Waals surface area contributed by atoms with Crippen LogP contribution in [0.1, 0.15) is 20.7 Å². The summed E-state index contributed by atoms with van der Waals surface area (Å²) in [6.45, 7) is 0. The summed E-state index contributed by atoms with van der Waals surface area (Å²) in [6.07, 6.45) is 1.32. The molecule has 3 rings (SSSR count). The summed E-state index contributed by atoms with van der Waals surface area (Å²) in [5.74, 6) is -0.0702. The maximum absolute atomic E-state index is 12.5. The molecule has 2 aromatic rings. The van der Waals surface area contributed by atoms with Crippen LogP contribution in [0.4, 0.5) is 0 Å². The molecule has 2 aromatic carbocycles. The Labute approximate surface area is 131 Å². The van der Waals surface area contributed by atoms with Crippen molar-refractivity contribution in [3.63, 3.8) is 0 Å². The molecule has 5 heteroatoms. The van der Waals surface area contributed by atoms with Gasteiger partial charge in [0.2, 0.25) is 5.78 Å². The number of hydrogen-bond acceptors (Lipinski definition) is 5. The van der Waals surface area contributed by atoms with E-state index in [1.165, 1.54) is 23.9 Å². The Morgan fingerprint density at radius 2 is 1.77 bits per heavy atom. The third-order valence-electron chi connectivity index (χ3n) is 3.31. The van der Waals surface area contributed by atoms with E-state index in [4.69, 9.17) is 4.74 Å². The zero-order chi connectivity index (χ0) is 15.7. The summed E-state index contributed by atoms with van der Waals surface area (Å²) >= 11 is 1.19. The van der Waals surface area contributed by atoms with E-state index in [9.17, 15) is 14.7 Å². The van der Waals surface area contributed by atoms with E-state index >= 15 is 0 Å². The first kappa shape index (κ1) is 14.4. The highest BCUT2D eigenvalue weighted by molar-refractivity contribution is 8.04. The highest BCUT2D eigenvalue weighted by Gasteiger charge is 2.28. The van der Waals surface area contributed by atoms with Gasteiger partial charge in [0.05, 0.1) is 17.6 Å². The van der Waals surface area contributed by atoms with Gasteiger partial charge in [-0.2, -0.15) is 0 Å². The van der Waals surface area contributed by atoms with Crippen LogP contribution in [-0.2, 0) is 0 Å². The molecule has 22 heavy (non-hydrogen) atoms. The van der Waals surface area contributed by atoms with Crippen molar-refractivity contribution in [2.75, 3.05) is 7.11 Å². The zero-order valence-electron chi connectivity index (χ0n) is 11.7. The predicted octanol–water partition coefficient (Wildman–Crippen LogP) is 3.46. The Balaban J connectivity index is 1.93. The van der Waals surface area contributed by atoms with Crippen LogP contribution in [0.15, 0.2) is 58.3 Å². The van der Waals surface area contributed by atoms with Gasteiger partial charge in [-0.25, -0.2) is 0 Å². The molecular formula is C17H12O4S. The van der Waals surface area contributed by atoms with Crippen LogP contribution in [0.5, 0.6) is 11.5 Å². The zero-order valence-corrected chi connectivity index (χ0v) is 12.5. The van der Waals surface area contributed by atoms with Crippen molar-refractivity contribution in [3.8, 4) is 11.5 Å². The molecule has 4 nitrogen and oxygen atoms in total. The van der Waals surface area contributed by atoms with E-state index in [2.05, 4.69) is 0 Å². The number of fused-ring (bicyclic) bond motifs is 1. The van der Waals surface area contributed by atoms with Gasteiger partial charge in [0.25, 0.3) is 0 Å². The fraction of sp³-hybridized carbons (Fsp3) is 0.0588. The monoisotopic (exact) mass is 312 g/mol. The topological polar surface area (TPSA) is 63.6 Å². The minimum absolute atomic E-state index is 0.0750. The minimum atomic E-state index is -0.339. The van der Waals surface area contributed by atoms with Crippen molar-refractivity contribution in [2.45, 2.75) is 4.90 Å². The molecule has 1 aliphatic carbocycles. The van der Waals surface area contributed by atoms with Crippen LogP contribution in [-0.4, -0.2) is 23.8 Å². The molecule has 110 valence electrons. The van der Waals surface area contributed by atoms with E-state index in [0.29, 0.717) is 10.7 Å². The number of benzene rings is 2. The van der Waals surface area contributed by atoms with Crippen molar-refractivity contribution in [2.24, 2.45) is 0 Å². The molecule has 0 bridgehead atoms. The van der Waals surface area contributed by atoms with E-state index in [0.717, 1.165) is 4.90 Å². The van der Waals surface area contributed by atoms with Crippen molar-refractivity contribution < 1.29 is 19.4 Å². The predicted molar refractivity (Wildman–Crippen MR) is 83.7 cm³/mol. The standard InChI is InChI=1S/C17H12O4S/c1-21-10-5-7-11(8-6-10)22-15-9-14(19)12-3-2-4-13(18)16(12)17(15)20/h2-9,18H,1H3. The fourth-order valence-electron chi connectivity index (χ4n) is 2.22. The molecule has 0 aromatic heterocycles. The number of hydrogen-bond donors (Lipinski definition) is 1. The van der Waals surface area contributed by atoms with Crippen molar-refractivity contribution >= 4 is 23.3 Å². The number of phenols is 1. The molecule has 0 saturated heterocycles. The Morgan fingerprint density at radius 1 is 1.05 bits per heavy atom. The van der Waals surface area contributed by atoms with Gasteiger partial charge < -0.3 is 9.84 Å². The molecule has 0 atom stereocenters. The lowest BCUT2D eigenvalue weighted by Gasteiger charge is -2.15. The molecule has 0 heterocycles. The van der Waals surface area contributed by atoms with Gasteiger partial charge >= 0.3 is 0 Å². The van der Waals surface area contributed by atoms with Crippen molar-refractivity contribution in [3.05, 3.63) is 64.6 Å². The summed E-state index contributed by atoms with van der Waals surface area (Å²) in [4.78, 5) is 25.7. The van der Waals surface area contributed by atoms with Crippen LogP contribution < -0.4 is 4.74 Å². The van der Waals surface area contributed by atoms with Crippen LogP contribution in [0.2, 0.25) is 0 Å². The molecule has 0 aliphatic heterocycles. The van der Waals surface area contributed by atoms with E-state index in [-0.39, 0.29) is 28.4 Å². The highest BCUT2D eigenvalue weighted by atomic mass is 32.2. The number of aromatic hydroxyl groups is 1. The number of methoxy groups -OCH3 is 1. The van der Waals surface area contributed by atoms with Crippen molar-refractivity contribution in [1.29, 1.82) is 0 Å². The Bertz CT molecular complexity index is 791. The number of ether oxygens (including phenoxy) is 1. The molecule has 0 fully saturated rings. The summed E-state index contributed by atoms with van der Waals surface area (Å²) in [6, 6.07) is 11.7. The van der Waals surface area contributed by atoms with Gasteiger partial charge in [0.15, 0.2) is 5.78 Å². The maximum Gasteiger partial charge on any atom is 0.204 e. The first-order chi connectivity index (χ1) is 10.6. The summed E-state index contributed by atoms with van der Waals surface area (Å²) in [5.41, 5.74) is 0.315. The quantitative estimate of drug-likeness (QED) is 0.940. The molecular weight excluding hydrogens is 300 g/mol. The summed E-state index contributed by atoms with van der Waals surface area (Å²) in [5, 5.41) is 9.87. The van der Waals surface area contributed by atoms with E-state index in [1.807, 2.05) is 12.1 Å². The van der Waals surface area contributed by atoms with Gasteiger partial charge in [0, 0.05) is 16.5 Å². The third kappa shape index (κ3) is 2.51. The molecule has 1 N–H and O–H groups in total. The van der Waals surface area contributed by atoms with Gasteiger partial charge in [-0.05, 0) is 30.3 Å². The van der Waals surface area contributed by atoms with Gasteiger partial charge in [-0.15, -0.1) is 0 Å². The first-order valence-corrected chi connectivity index (χ1v) is 7.36. The Morgan fingerprint density at radius 3 is 2.45 bits per heavy atom. The van der Waals surface area contributed by atoms with Gasteiger partial charge in [-0.1, -0.05) is 23.9 Å². The summed E-state index contributed by atoms with van der Waals surface area (Å²) in [7, 11) is 1.58. The van der Waals surface area contributed by atoms with Gasteiger partial charge in [0.1, 0.15) is 11.5 Å². The van der Waals surface area contributed by atoms with Gasteiger partial charge in [-0.3, -0.25) is 9.59 Å². The molecule has 0 amide bonds. The van der Waals surface area contributed by atoms with E-state index in [1.54, 1.807) is 31.4 Å². The van der Waals surface area contributed by atoms with Crippen LogP contribution in [0.25, 0.3) is 0 Å². The first-order valence-electron chi connectivity index (χ1n) is 6.55. The van der Waals surface area contributed by atoms with E-state index < -0.39 is 0 Å². The lowest BCUT2D eigenvalue weighted by molar-refractivity contribution is 0.0989. The Hall–Kier alpha value is -2.53. The number of Topliss-reactive ketones (excluding diaryl/α,β-unsaturated/α-hetero) is 1. The molecule has 0 radical (unpaired) electrons. The Kier molecular flexibility index (Phi) is 3.73. The lowest BCUT2D eigenvalue weighted by atomic mass is 9.94. The number of carbonyl (C=O) groups excluding carboxylic acids is 2. The number of allylic oxidation sites excluding steroid dienone is 2. The largest absolute Gasteiger partial charge is 0.507 e. The highest BCUT2D eigenvalue weighted by Crippen LogP contribution is 2.36. The third-order valence-corrected chi connectivity index (χ3v) is 4.34. The minimum Gasteiger partial charge on any atom is -0.507 e. The normalized spacial score (nSPS) is 13.6. The van der Waals surface area contributed by atoms with Crippen molar-refractivity contribution in [1.82, 2.24) is 0 Å². The molecule has 0 spiro atoms. The average Bonchev–Trinajstić information content (AvgIpc) is 2.53. The summed E-state index contributed by atoms with van der Waals surface area (Å²) < 4.78 is 5.08. The molecule has 0 unspecified atom stereocenters. The molecule has 1 aliphatic rings. The number of ketones is 2. The second kappa shape index (κ2) is 5.69. The van der Waals surface area contributed by atoms with Crippen LogP contribution >= 0.6 is 11.8 Å². The average molecular weight is 312 g/mol. The van der Waals surface area contributed by atoms with Crippen LogP contribution in [0.3, 0.4) is 0 Å².